The second-order valence-electron chi connectivity index (χ2n) is 3.89. The summed E-state index contributed by atoms with van der Waals surface area (Å²) in [5.41, 5.74) is 6.35. The zero-order chi connectivity index (χ0) is 12.0. The number of nitrogens with two attached hydrogens (primary N) is 1. The van der Waals surface area contributed by atoms with Crippen molar-refractivity contribution in [3.8, 4) is 0 Å². The van der Waals surface area contributed by atoms with Gasteiger partial charge in [-0.2, -0.15) is 0 Å². The molecule has 0 aliphatic heterocycles. The van der Waals surface area contributed by atoms with Crippen molar-refractivity contribution in [2.24, 2.45) is 0 Å². The molecule has 1 amide bonds. The van der Waals surface area contributed by atoms with E-state index < -0.39 is 0 Å². The Morgan fingerprint density at radius 3 is 2.56 bits per heavy atom. The van der Waals surface area contributed by atoms with Crippen LogP contribution in [-0.4, -0.2) is 17.7 Å². The monoisotopic (exact) mass is 238 g/mol. The van der Waals surface area contributed by atoms with Gasteiger partial charge in [-0.25, -0.2) is 0 Å². The molecule has 0 aliphatic carbocycles. The lowest BCUT2D eigenvalue weighted by Crippen LogP contribution is -2.30. The predicted molar refractivity (Wildman–Crippen MR) is 69.5 cm³/mol. The van der Waals surface area contributed by atoms with E-state index in [1.54, 1.807) is 11.8 Å². The van der Waals surface area contributed by atoms with Crippen LogP contribution in [0.1, 0.15) is 20.3 Å². The summed E-state index contributed by atoms with van der Waals surface area (Å²) < 4.78 is 0. The highest BCUT2D eigenvalue weighted by Gasteiger charge is 2.03. The Hall–Kier alpha value is -1.16. The third-order valence-corrected chi connectivity index (χ3v) is 2.94. The van der Waals surface area contributed by atoms with E-state index >= 15 is 0 Å². The molecule has 16 heavy (non-hydrogen) atoms. The largest absolute Gasteiger partial charge is 0.399 e. The van der Waals surface area contributed by atoms with Crippen LogP contribution in [0.4, 0.5) is 5.69 Å². The lowest BCUT2D eigenvalue weighted by Gasteiger charge is -2.07. The number of thioether (sulfide) groups is 1. The van der Waals surface area contributed by atoms with Crippen LogP contribution in [0.5, 0.6) is 0 Å². The van der Waals surface area contributed by atoms with Gasteiger partial charge < -0.3 is 11.1 Å². The van der Waals surface area contributed by atoms with Gasteiger partial charge in [-0.05, 0) is 38.1 Å². The molecular weight excluding hydrogens is 220 g/mol. The van der Waals surface area contributed by atoms with Crippen LogP contribution in [-0.2, 0) is 4.79 Å². The maximum Gasteiger partial charge on any atom is 0.221 e. The molecular formula is C12H18N2OS. The minimum Gasteiger partial charge on any atom is -0.399 e. The lowest BCUT2D eigenvalue weighted by molar-refractivity contribution is -0.121. The molecule has 1 rings (SSSR count). The quantitative estimate of drug-likeness (QED) is 0.611. The first-order valence-electron chi connectivity index (χ1n) is 5.35. The first-order valence-corrected chi connectivity index (χ1v) is 6.34. The molecule has 0 bridgehead atoms. The van der Waals surface area contributed by atoms with Gasteiger partial charge in [0.2, 0.25) is 5.91 Å². The van der Waals surface area contributed by atoms with Gasteiger partial charge in [0.05, 0.1) is 0 Å². The number of hydrogen-bond acceptors (Lipinski definition) is 3. The Morgan fingerprint density at radius 1 is 1.38 bits per heavy atom. The SMILES string of the molecule is CC(C)NC(=O)CCSc1ccc(N)cc1. The zero-order valence-corrected chi connectivity index (χ0v) is 10.5. The summed E-state index contributed by atoms with van der Waals surface area (Å²) in [6.45, 7) is 3.93. The summed E-state index contributed by atoms with van der Waals surface area (Å²) in [6.07, 6.45) is 0.549. The van der Waals surface area contributed by atoms with E-state index in [-0.39, 0.29) is 11.9 Å². The molecule has 0 heterocycles. The van der Waals surface area contributed by atoms with Crippen LogP contribution >= 0.6 is 11.8 Å². The molecule has 0 saturated carbocycles. The Balaban J connectivity index is 2.25. The van der Waals surface area contributed by atoms with Gasteiger partial charge in [-0.15, -0.1) is 11.8 Å². The molecule has 0 fully saturated rings. The fourth-order valence-electron chi connectivity index (χ4n) is 1.22. The maximum absolute atomic E-state index is 11.4. The van der Waals surface area contributed by atoms with E-state index in [1.165, 1.54) is 0 Å². The number of carbonyl (C=O) groups is 1. The molecule has 3 nitrogen and oxygen atoms in total. The van der Waals surface area contributed by atoms with Crippen molar-refractivity contribution in [3.63, 3.8) is 0 Å². The van der Waals surface area contributed by atoms with E-state index in [1.807, 2.05) is 38.1 Å². The Labute approximate surface area is 101 Å². The summed E-state index contributed by atoms with van der Waals surface area (Å²) in [4.78, 5) is 12.5. The number of nitrogen functional groups attached to an aromatic ring is 1. The van der Waals surface area contributed by atoms with Crippen molar-refractivity contribution in [3.05, 3.63) is 24.3 Å². The van der Waals surface area contributed by atoms with Crippen LogP contribution < -0.4 is 11.1 Å². The average Bonchev–Trinajstić information content (AvgIpc) is 2.20. The predicted octanol–water partition coefficient (Wildman–Crippen LogP) is 2.28. The van der Waals surface area contributed by atoms with Crippen LogP contribution in [0.3, 0.4) is 0 Å². The molecule has 3 N–H and O–H groups in total. The molecule has 0 radical (unpaired) electrons. The van der Waals surface area contributed by atoms with E-state index in [4.69, 9.17) is 5.73 Å². The van der Waals surface area contributed by atoms with Crippen LogP contribution in [0.25, 0.3) is 0 Å². The van der Waals surface area contributed by atoms with Crippen molar-refractivity contribution in [2.75, 3.05) is 11.5 Å². The van der Waals surface area contributed by atoms with Crippen molar-refractivity contribution in [2.45, 2.75) is 31.2 Å². The van der Waals surface area contributed by atoms with Crippen molar-refractivity contribution in [1.82, 2.24) is 5.32 Å². The zero-order valence-electron chi connectivity index (χ0n) is 9.69. The number of rotatable bonds is 5. The normalized spacial score (nSPS) is 10.4. The highest BCUT2D eigenvalue weighted by molar-refractivity contribution is 7.99. The number of nitrogens with one attached hydrogen (secondary N) is 1. The number of anilines is 1. The average molecular weight is 238 g/mol. The summed E-state index contributed by atoms with van der Waals surface area (Å²) in [6, 6.07) is 7.90. The van der Waals surface area contributed by atoms with Gasteiger partial charge in [0.1, 0.15) is 0 Å². The molecule has 1 aromatic rings. The molecule has 0 atom stereocenters. The van der Waals surface area contributed by atoms with Gasteiger partial charge in [-0.1, -0.05) is 0 Å². The number of benzene rings is 1. The Kier molecular flexibility index (Phi) is 5.19. The van der Waals surface area contributed by atoms with E-state index in [9.17, 15) is 4.79 Å². The van der Waals surface area contributed by atoms with Crippen LogP contribution in [0.15, 0.2) is 29.2 Å². The molecule has 4 heteroatoms. The minimum atomic E-state index is 0.109. The van der Waals surface area contributed by atoms with Crippen LogP contribution in [0, 0.1) is 0 Å². The molecule has 0 spiro atoms. The van der Waals surface area contributed by atoms with E-state index in [0.29, 0.717) is 6.42 Å². The molecule has 0 unspecified atom stereocenters. The maximum atomic E-state index is 11.4. The number of amides is 1. The van der Waals surface area contributed by atoms with E-state index in [0.717, 1.165) is 16.3 Å². The number of hydrogen-bond donors (Lipinski definition) is 2. The summed E-state index contributed by atoms with van der Waals surface area (Å²) in [7, 11) is 0. The lowest BCUT2D eigenvalue weighted by atomic mass is 10.3. The summed E-state index contributed by atoms with van der Waals surface area (Å²) in [5.74, 6) is 0.903. The van der Waals surface area contributed by atoms with Crippen molar-refractivity contribution in [1.29, 1.82) is 0 Å². The Morgan fingerprint density at radius 2 is 2.00 bits per heavy atom. The van der Waals surface area contributed by atoms with Crippen molar-refractivity contribution < 1.29 is 4.79 Å². The molecule has 0 aromatic heterocycles. The molecule has 0 saturated heterocycles. The molecule has 88 valence electrons. The van der Waals surface area contributed by atoms with Gasteiger partial charge in [0.25, 0.3) is 0 Å². The standard InChI is InChI=1S/C12H18N2OS/c1-9(2)14-12(15)7-8-16-11-5-3-10(13)4-6-11/h3-6,9H,7-8,13H2,1-2H3,(H,14,15). The first-order chi connectivity index (χ1) is 7.58. The van der Waals surface area contributed by atoms with Gasteiger partial charge in [-0.3, -0.25) is 4.79 Å². The van der Waals surface area contributed by atoms with Gasteiger partial charge in [0, 0.05) is 28.8 Å². The second-order valence-corrected chi connectivity index (χ2v) is 5.06. The topological polar surface area (TPSA) is 55.1 Å². The second kappa shape index (κ2) is 6.43. The third kappa shape index (κ3) is 5.07. The van der Waals surface area contributed by atoms with Crippen LogP contribution in [0.2, 0.25) is 0 Å². The molecule has 0 aliphatic rings. The summed E-state index contributed by atoms with van der Waals surface area (Å²) in [5, 5.41) is 2.87. The fraction of sp³-hybridized carbons (Fsp3) is 0.417. The smallest absolute Gasteiger partial charge is 0.221 e. The minimum absolute atomic E-state index is 0.109. The highest BCUT2D eigenvalue weighted by atomic mass is 32.2. The highest BCUT2D eigenvalue weighted by Crippen LogP contribution is 2.19. The van der Waals surface area contributed by atoms with E-state index in [2.05, 4.69) is 5.32 Å². The van der Waals surface area contributed by atoms with Crippen molar-refractivity contribution >= 4 is 23.4 Å². The first kappa shape index (κ1) is 12.9. The van der Waals surface area contributed by atoms with Gasteiger partial charge in [0.15, 0.2) is 0 Å². The summed E-state index contributed by atoms with van der Waals surface area (Å²) >= 11 is 1.67. The van der Waals surface area contributed by atoms with Gasteiger partial charge >= 0.3 is 0 Å². The Bertz CT molecular complexity index is 335. The fourth-order valence-corrected chi connectivity index (χ4v) is 2.07. The number of carbonyl (C=O) groups excluding carboxylic acids is 1. The molecule has 1 aromatic carbocycles. The third-order valence-electron chi connectivity index (χ3n) is 1.93.